The van der Waals surface area contributed by atoms with E-state index in [-0.39, 0.29) is 11.8 Å². The van der Waals surface area contributed by atoms with Crippen molar-refractivity contribution in [2.45, 2.75) is 13.5 Å². The van der Waals surface area contributed by atoms with Gasteiger partial charge in [-0.25, -0.2) is 0 Å². The normalized spacial score (nSPS) is 12.3. The highest BCUT2D eigenvalue weighted by molar-refractivity contribution is 5.76. The zero-order valence-corrected chi connectivity index (χ0v) is 10.2. The summed E-state index contributed by atoms with van der Waals surface area (Å²) >= 11 is 0. The first-order chi connectivity index (χ1) is 8.56. The van der Waals surface area contributed by atoms with Gasteiger partial charge in [0.2, 0.25) is 5.91 Å². The Labute approximate surface area is 105 Å². The summed E-state index contributed by atoms with van der Waals surface area (Å²) in [6.45, 7) is 2.27. The van der Waals surface area contributed by atoms with Crippen LogP contribution in [0.3, 0.4) is 0 Å². The second kappa shape index (κ2) is 4.91. The summed E-state index contributed by atoms with van der Waals surface area (Å²) in [7, 11) is 0. The first kappa shape index (κ1) is 12.2. The predicted octanol–water partition coefficient (Wildman–Crippen LogP) is 1.25. The van der Waals surface area contributed by atoms with E-state index in [9.17, 15) is 4.79 Å². The Kier molecular flexibility index (Phi) is 3.32. The topological polar surface area (TPSA) is 86.9 Å². The van der Waals surface area contributed by atoms with Crippen LogP contribution in [0.2, 0.25) is 0 Å². The SMILES string of the molecule is CC(Cn1cc(-c2cccc(N)c2)cn1)C(N)=O. The molecule has 0 aliphatic heterocycles. The molecule has 1 amide bonds. The van der Waals surface area contributed by atoms with Gasteiger partial charge in [-0.2, -0.15) is 5.10 Å². The molecule has 2 rings (SSSR count). The lowest BCUT2D eigenvalue weighted by molar-refractivity contribution is -0.121. The van der Waals surface area contributed by atoms with Crippen LogP contribution in [-0.4, -0.2) is 15.7 Å². The van der Waals surface area contributed by atoms with Crippen LogP contribution in [0.15, 0.2) is 36.7 Å². The zero-order valence-electron chi connectivity index (χ0n) is 10.2. The molecule has 1 aromatic carbocycles. The van der Waals surface area contributed by atoms with E-state index in [0.717, 1.165) is 11.1 Å². The summed E-state index contributed by atoms with van der Waals surface area (Å²) in [5.74, 6) is -0.561. The van der Waals surface area contributed by atoms with E-state index < -0.39 is 0 Å². The van der Waals surface area contributed by atoms with Crippen LogP contribution in [0.1, 0.15) is 6.92 Å². The Bertz CT molecular complexity index is 562. The van der Waals surface area contributed by atoms with Gasteiger partial charge in [-0.1, -0.05) is 19.1 Å². The molecule has 0 aliphatic rings. The van der Waals surface area contributed by atoms with Gasteiger partial charge in [0, 0.05) is 17.4 Å². The maximum absolute atomic E-state index is 11.0. The van der Waals surface area contributed by atoms with Gasteiger partial charge in [0.25, 0.3) is 0 Å². The molecule has 4 N–H and O–H groups in total. The van der Waals surface area contributed by atoms with Gasteiger partial charge in [0.05, 0.1) is 18.7 Å². The average molecular weight is 244 g/mol. The minimum absolute atomic E-state index is 0.237. The molecule has 0 radical (unpaired) electrons. The maximum Gasteiger partial charge on any atom is 0.222 e. The van der Waals surface area contributed by atoms with Crippen LogP contribution in [0.4, 0.5) is 5.69 Å². The molecule has 1 heterocycles. The van der Waals surface area contributed by atoms with Crippen molar-refractivity contribution in [3.05, 3.63) is 36.7 Å². The summed E-state index contributed by atoms with van der Waals surface area (Å²) in [4.78, 5) is 11.0. The molecule has 0 spiro atoms. The van der Waals surface area contributed by atoms with Crippen LogP contribution in [0.5, 0.6) is 0 Å². The van der Waals surface area contributed by atoms with Crippen molar-refractivity contribution in [2.75, 3.05) is 5.73 Å². The Morgan fingerprint density at radius 1 is 1.44 bits per heavy atom. The summed E-state index contributed by atoms with van der Waals surface area (Å²) in [6.07, 6.45) is 3.64. The molecule has 94 valence electrons. The Morgan fingerprint density at radius 2 is 2.22 bits per heavy atom. The summed E-state index contributed by atoms with van der Waals surface area (Å²) in [5.41, 5.74) is 13.7. The summed E-state index contributed by atoms with van der Waals surface area (Å²) < 4.78 is 1.72. The van der Waals surface area contributed by atoms with Crippen molar-refractivity contribution in [3.8, 4) is 11.1 Å². The number of carbonyl (C=O) groups is 1. The molecule has 0 saturated carbocycles. The van der Waals surface area contributed by atoms with Gasteiger partial charge in [0.1, 0.15) is 0 Å². The van der Waals surface area contributed by atoms with E-state index in [2.05, 4.69) is 5.10 Å². The van der Waals surface area contributed by atoms with Crippen molar-refractivity contribution in [3.63, 3.8) is 0 Å². The Hall–Kier alpha value is -2.30. The van der Waals surface area contributed by atoms with Crippen molar-refractivity contribution in [2.24, 2.45) is 11.7 Å². The third-order valence-electron chi connectivity index (χ3n) is 2.80. The molecular weight excluding hydrogens is 228 g/mol. The van der Waals surface area contributed by atoms with E-state index in [4.69, 9.17) is 11.5 Å². The second-order valence-electron chi connectivity index (χ2n) is 4.38. The molecule has 0 aliphatic carbocycles. The minimum atomic E-state index is -0.323. The first-order valence-electron chi connectivity index (χ1n) is 5.74. The van der Waals surface area contributed by atoms with Crippen LogP contribution in [0, 0.1) is 5.92 Å². The number of aromatic nitrogens is 2. The molecule has 1 aromatic heterocycles. The van der Waals surface area contributed by atoms with Crippen LogP contribution in [0.25, 0.3) is 11.1 Å². The van der Waals surface area contributed by atoms with Gasteiger partial charge in [-0.05, 0) is 17.7 Å². The molecule has 0 fully saturated rings. The molecule has 5 nitrogen and oxygen atoms in total. The number of nitrogen functional groups attached to an aromatic ring is 1. The Morgan fingerprint density at radius 3 is 2.89 bits per heavy atom. The molecular formula is C13H16N4O. The van der Waals surface area contributed by atoms with Crippen molar-refractivity contribution in [1.82, 2.24) is 9.78 Å². The number of primary amides is 1. The van der Waals surface area contributed by atoms with E-state index in [1.54, 1.807) is 17.8 Å². The number of nitrogens with zero attached hydrogens (tertiary/aromatic N) is 2. The van der Waals surface area contributed by atoms with Gasteiger partial charge in [-0.3, -0.25) is 9.48 Å². The van der Waals surface area contributed by atoms with Gasteiger partial charge < -0.3 is 11.5 Å². The standard InChI is InChI=1S/C13H16N4O/c1-9(13(15)18)7-17-8-11(6-16-17)10-3-2-4-12(14)5-10/h2-6,8-9H,7,14H2,1H3,(H2,15,18). The lowest BCUT2D eigenvalue weighted by Gasteiger charge is -2.06. The fraction of sp³-hybridized carbons (Fsp3) is 0.231. The smallest absolute Gasteiger partial charge is 0.222 e. The highest BCUT2D eigenvalue weighted by atomic mass is 16.1. The van der Waals surface area contributed by atoms with Crippen molar-refractivity contribution < 1.29 is 4.79 Å². The number of anilines is 1. The highest BCUT2D eigenvalue weighted by Crippen LogP contribution is 2.20. The number of hydrogen-bond donors (Lipinski definition) is 2. The fourth-order valence-electron chi connectivity index (χ4n) is 1.70. The van der Waals surface area contributed by atoms with E-state index in [0.29, 0.717) is 12.2 Å². The van der Waals surface area contributed by atoms with Crippen LogP contribution < -0.4 is 11.5 Å². The number of carbonyl (C=O) groups excluding carboxylic acids is 1. The monoisotopic (exact) mass is 244 g/mol. The molecule has 0 bridgehead atoms. The number of hydrogen-bond acceptors (Lipinski definition) is 3. The molecule has 0 saturated heterocycles. The molecule has 5 heteroatoms. The molecule has 1 unspecified atom stereocenters. The average Bonchev–Trinajstić information content (AvgIpc) is 2.77. The number of rotatable bonds is 4. The fourth-order valence-corrected chi connectivity index (χ4v) is 1.70. The molecule has 1 atom stereocenters. The quantitative estimate of drug-likeness (QED) is 0.793. The number of benzene rings is 1. The highest BCUT2D eigenvalue weighted by Gasteiger charge is 2.10. The lowest BCUT2D eigenvalue weighted by atomic mass is 10.1. The van der Waals surface area contributed by atoms with Crippen molar-refractivity contribution in [1.29, 1.82) is 0 Å². The van der Waals surface area contributed by atoms with E-state index in [1.165, 1.54) is 0 Å². The largest absolute Gasteiger partial charge is 0.399 e. The molecule has 18 heavy (non-hydrogen) atoms. The first-order valence-corrected chi connectivity index (χ1v) is 5.74. The third kappa shape index (κ3) is 2.68. The maximum atomic E-state index is 11.0. The number of nitrogens with two attached hydrogens (primary N) is 2. The minimum Gasteiger partial charge on any atom is -0.399 e. The van der Waals surface area contributed by atoms with Crippen LogP contribution >= 0.6 is 0 Å². The summed E-state index contributed by atoms with van der Waals surface area (Å²) in [6, 6.07) is 7.59. The third-order valence-corrected chi connectivity index (χ3v) is 2.80. The number of amides is 1. The van der Waals surface area contributed by atoms with Gasteiger partial charge >= 0.3 is 0 Å². The Balaban J connectivity index is 2.18. The van der Waals surface area contributed by atoms with Crippen molar-refractivity contribution >= 4 is 11.6 Å². The van der Waals surface area contributed by atoms with E-state index >= 15 is 0 Å². The second-order valence-corrected chi connectivity index (χ2v) is 4.38. The van der Waals surface area contributed by atoms with E-state index in [1.807, 2.05) is 30.5 Å². The lowest BCUT2D eigenvalue weighted by Crippen LogP contribution is -2.24. The van der Waals surface area contributed by atoms with Crippen LogP contribution in [-0.2, 0) is 11.3 Å². The molecule has 2 aromatic rings. The predicted molar refractivity (Wildman–Crippen MR) is 70.4 cm³/mol. The van der Waals surface area contributed by atoms with Gasteiger partial charge in [-0.15, -0.1) is 0 Å². The zero-order chi connectivity index (χ0) is 13.1. The summed E-state index contributed by atoms with van der Waals surface area (Å²) in [5, 5.41) is 4.21. The van der Waals surface area contributed by atoms with Gasteiger partial charge in [0.15, 0.2) is 0 Å².